The Kier molecular flexibility index (Phi) is 14.2. The average Bonchev–Trinajstić information content (AvgIpc) is 3.39. The van der Waals surface area contributed by atoms with Gasteiger partial charge in [0.05, 0.1) is 11.8 Å². The molecule has 2 aromatic rings. The van der Waals surface area contributed by atoms with Gasteiger partial charge in [0.1, 0.15) is 0 Å². The highest BCUT2D eigenvalue weighted by atomic mass is 15.2. The normalized spacial score (nSPS) is 15.2. The van der Waals surface area contributed by atoms with Crippen LogP contribution in [0.2, 0.25) is 0 Å². The Balaban J connectivity index is 0.000000821. The highest BCUT2D eigenvalue weighted by Crippen LogP contribution is 2.36. The van der Waals surface area contributed by atoms with E-state index in [0.29, 0.717) is 17.5 Å². The van der Waals surface area contributed by atoms with E-state index in [1.54, 1.807) is 6.20 Å². The molecule has 0 aliphatic heterocycles. The predicted molar refractivity (Wildman–Crippen MR) is 189 cm³/mol. The Hall–Kier alpha value is -3.37. The Labute approximate surface area is 263 Å². The first-order chi connectivity index (χ1) is 20.4. The van der Waals surface area contributed by atoms with Crippen molar-refractivity contribution in [3.8, 4) is 0 Å². The van der Waals surface area contributed by atoms with Crippen LogP contribution >= 0.6 is 0 Å². The van der Waals surface area contributed by atoms with E-state index in [9.17, 15) is 0 Å². The first-order valence-corrected chi connectivity index (χ1v) is 15.9. The van der Waals surface area contributed by atoms with Crippen molar-refractivity contribution in [1.82, 2.24) is 15.5 Å². The summed E-state index contributed by atoms with van der Waals surface area (Å²) in [6, 6.07) is 17.8. The van der Waals surface area contributed by atoms with Crippen molar-refractivity contribution in [1.29, 1.82) is 5.41 Å². The van der Waals surface area contributed by atoms with Gasteiger partial charge >= 0.3 is 0 Å². The molecule has 1 aliphatic rings. The minimum Gasteiger partial charge on any atom is -0.387 e. The zero-order valence-corrected chi connectivity index (χ0v) is 28.2. The summed E-state index contributed by atoms with van der Waals surface area (Å²) in [5.41, 5.74) is 6.96. The SMILES string of the molecule is C=CNC(C)(C)C.C=C[C@@H](CCC(C)C)N(C(=C)C(NC)C1Cc2ccccc2C1)[C@@H](C)c1ccc(C(=N)/C=C\C)cc1. The van der Waals surface area contributed by atoms with Gasteiger partial charge in [0.15, 0.2) is 0 Å². The second kappa shape index (κ2) is 17.1. The predicted octanol–water partition coefficient (Wildman–Crippen LogP) is 9.02. The first kappa shape index (κ1) is 35.8. The maximum absolute atomic E-state index is 8.25. The number of hydrogen-bond donors (Lipinski definition) is 3. The third-order valence-electron chi connectivity index (χ3n) is 8.21. The van der Waals surface area contributed by atoms with E-state index >= 15 is 0 Å². The summed E-state index contributed by atoms with van der Waals surface area (Å²) in [6.07, 6.45) is 11.9. The standard InChI is InChI=1S/C33H45N3.C6H13N/c1-8-12-32(34)27-18-16-26(17-19-27)24(5)36(31(9-2)20-15-23(3)4)25(6)33(35-7)30-21-28-13-10-11-14-29(28)22-30;1-5-7-6(2,3)4/h8-14,16-19,23-24,30-31,33-35H,2,6,15,20-22H2,1,3-5,7H3;5,7H,1H2,2-4H3/b12-8-,34-32?;/t24-,31-,33?;/m0./s1. The minimum atomic E-state index is 0.136. The fraction of sp³-hybridized carbons (Fsp3) is 0.462. The number of nitrogens with one attached hydrogen (secondary N) is 3. The molecule has 0 saturated heterocycles. The van der Waals surface area contributed by atoms with Crippen LogP contribution in [-0.4, -0.2) is 35.3 Å². The molecule has 4 nitrogen and oxygen atoms in total. The molecule has 3 atom stereocenters. The fourth-order valence-corrected chi connectivity index (χ4v) is 5.96. The molecular weight excluding hydrogens is 524 g/mol. The van der Waals surface area contributed by atoms with Crippen LogP contribution in [0.15, 0.2) is 98.4 Å². The van der Waals surface area contributed by atoms with E-state index in [-0.39, 0.29) is 23.7 Å². The van der Waals surface area contributed by atoms with Crippen LogP contribution in [0.1, 0.15) is 89.6 Å². The van der Waals surface area contributed by atoms with E-state index in [1.807, 2.05) is 19.1 Å². The molecule has 4 heteroatoms. The van der Waals surface area contributed by atoms with Gasteiger partial charge in [-0.2, -0.15) is 0 Å². The van der Waals surface area contributed by atoms with Crippen molar-refractivity contribution in [3.05, 3.63) is 121 Å². The van der Waals surface area contributed by atoms with Crippen molar-refractivity contribution in [2.45, 2.75) is 97.8 Å². The molecule has 234 valence electrons. The zero-order valence-electron chi connectivity index (χ0n) is 28.2. The summed E-state index contributed by atoms with van der Waals surface area (Å²) in [5, 5.41) is 14.9. The maximum Gasteiger partial charge on any atom is 0.0608 e. The van der Waals surface area contributed by atoms with Gasteiger partial charge in [-0.15, -0.1) is 6.58 Å². The van der Waals surface area contributed by atoms with Crippen LogP contribution in [0.4, 0.5) is 0 Å². The smallest absolute Gasteiger partial charge is 0.0608 e. The molecule has 0 amide bonds. The number of fused-ring (bicyclic) bond motifs is 1. The van der Waals surface area contributed by atoms with Crippen molar-refractivity contribution in [2.24, 2.45) is 11.8 Å². The van der Waals surface area contributed by atoms with Crippen molar-refractivity contribution in [2.75, 3.05) is 7.05 Å². The quantitative estimate of drug-likeness (QED) is 0.154. The molecule has 1 aliphatic carbocycles. The topological polar surface area (TPSA) is 51.1 Å². The minimum absolute atomic E-state index is 0.136. The summed E-state index contributed by atoms with van der Waals surface area (Å²) >= 11 is 0. The number of hydrogen-bond acceptors (Lipinski definition) is 4. The molecular formula is C39H58N4. The van der Waals surface area contributed by atoms with Gasteiger partial charge in [0.2, 0.25) is 0 Å². The van der Waals surface area contributed by atoms with E-state index in [0.717, 1.165) is 36.9 Å². The molecule has 0 heterocycles. The molecule has 0 bridgehead atoms. The molecule has 0 radical (unpaired) electrons. The van der Waals surface area contributed by atoms with Gasteiger partial charge in [-0.3, -0.25) is 0 Å². The van der Waals surface area contributed by atoms with Gasteiger partial charge < -0.3 is 20.9 Å². The Morgan fingerprint density at radius 3 is 2.00 bits per heavy atom. The lowest BCUT2D eigenvalue weighted by molar-refractivity contribution is 0.183. The number of benzene rings is 2. The third kappa shape index (κ3) is 10.7. The lowest BCUT2D eigenvalue weighted by atomic mass is 9.90. The molecule has 3 N–H and O–H groups in total. The second-order valence-corrected chi connectivity index (χ2v) is 13.2. The van der Waals surface area contributed by atoms with Crippen molar-refractivity contribution < 1.29 is 0 Å². The summed E-state index contributed by atoms with van der Waals surface area (Å²) in [6.45, 7) is 27.6. The molecule has 0 fully saturated rings. The molecule has 3 rings (SSSR count). The van der Waals surface area contributed by atoms with Crippen LogP contribution in [0.5, 0.6) is 0 Å². The monoisotopic (exact) mass is 582 g/mol. The van der Waals surface area contributed by atoms with E-state index < -0.39 is 0 Å². The summed E-state index contributed by atoms with van der Waals surface area (Å²) < 4.78 is 0. The van der Waals surface area contributed by atoms with Crippen LogP contribution in [0, 0.1) is 17.2 Å². The van der Waals surface area contributed by atoms with E-state index in [2.05, 4.69) is 132 Å². The van der Waals surface area contributed by atoms with Gasteiger partial charge in [-0.05, 0) is 114 Å². The van der Waals surface area contributed by atoms with Crippen molar-refractivity contribution >= 4 is 5.71 Å². The second-order valence-electron chi connectivity index (χ2n) is 13.2. The lowest BCUT2D eigenvalue weighted by Crippen LogP contribution is -2.46. The molecule has 1 unspecified atom stereocenters. The number of allylic oxidation sites excluding steroid dienone is 2. The highest BCUT2D eigenvalue weighted by molar-refractivity contribution is 6.06. The maximum atomic E-state index is 8.25. The summed E-state index contributed by atoms with van der Waals surface area (Å²) in [7, 11) is 2.07. The van der Waals surface area contributed by atoms with E-state index in [4.69, 9.17) is 12.0 Å². The number of rotatable bonds is 14. The molecule has 43 heavy (non-hydrogen) atoms. The van der Waals surface area contributed by atoms with Crippen LogP contribution < -0.4 is 10.6 Å². The van der Waals surface area contributed by atoms with Crippen LogP contribution in [-0.2, 0) is 12.8 Å². The van der Waals surface area contributed by atoms with Gasteiger partial charge in [0, 0.05) is 23.3 Å². The Morgan fingerprint density at radius 2 is 1.58 bits per heavy atom. The Morgan fingerprint density at radius 1 is 1.00 bits per heavy atom. The molecule has 2 aromatic carbocycles. The Bertz CT molecular complexity index is 1190. The van der Waals surface area contributed by atoms with E-state index in [1.165, 1.54) is 16.7 Å². The number of likely N-dealkylation sites (N-methyl/N-ethyl adjacent to an activating group) is 1. The summed E-state index contributed by atoms with van der Waals surface area (Å²) in [4.78, 5) is 2.51. The van der Waals surface area contributed by atoms with Crippen LogP contribution in [0.25, 0.3) is 0 Å². The first-order valence-electron chi connectivity index (χ1n) is 15.9. The van der Waals surface area contributed by atoms with Crippen molar-refractivity contribution in [3.63, 3.8) is 0 Å². The number of nitrogens with zero attached hydrogens (tertiary/aromatic N) is 1. The summed E-state index contributed by atoms with van der Waals surface area (Å²) in [5.74, 6) is 1.12. The molecule has 0 saturated carbocycles. The highest BCUT2D eigenvalue weighted by Gasteiger charge is 2.34. The fourth-order valence-electron chi connectivity index (χ4n) is 5.96. The van der Waals surface area contributed by atoms with Gasteiger partial charge in [-0.25, -0.2) is 0 Å². The molecule has 0 aromatic heterocycles. The zero-order chi connectivity index (χ0) is 32.2. The van der Waals surface area contributed by atoms with Crippen LogP contribution in [0.3, 0.4) is 0 Å². The van der Waals surface area contributed by atoms with Gasteiger partial charge in [-0.1, -0.05) is 87.7 Å². The lowest BCUT2D eigenvalue weighted by Gasteiger charge is -2.43. The van der Waals surface area contributed by atoms with Gasteiger partial charge in [0.25, 0.3) is 0 Å². The molecule has 0 spiro atoms. The third-order valence-corrected chi connectivity index (χ3v) is 8.21. The largest absolute Gasteiger partial charge is 0.387 e. The average molecular weight is 583 g/mol.